The van der Waals surface area contributed by atoms with Gasteiger partial charge in [-0.25, -0.2) is 0 Å². The van der Waals surface area contributed by atoms with Crippen LogP contribution in [0.2, 0.25) is 0 Å². The molecule has 0 radical (unpaired) electrons. The van der Waals surface area contributed by atoms with Crippen LogP contribution in [0.1, 0.15) is 24.5 Å². The minimum absolute atomic E-state index is 0.276. The van der Waals surface area contributed by atoms with Crippen molar-refractivity contribution in [3.63, 3.8) is 0 Å². The van der Waals surface area contributed by atoms with Crippen LogP contribution in [-0.2, 0) is 6.54 Å². The zero-order valence-electron chi connectivity index (χ0n) is 10.9. The second-order valence-electron chi connectivity index (χ2n) is 4.72. The molecule has 0 aliphatic carbocycles. The van der Waals surface area contributed by atoms with E-state index in [4.69, 9.17) is 0 Å². The Balaban J connectivity index is 2.61. The third kappa shape index (κ3) is 4.78. The maximum Gasteiger partial charge on any atom is 0.0471 e. The fourth-order valence-corrected chi connectivity index (χ4v) is 2.33. The first-order valence-electron chi connectivity index (χ1n) is 6.11. The van der Waals surface area contributed by atoms with E-state index in [0.717, 1.165) is 24.0 Å². The van der Waals surface area contributed by atoms with Crippen molar-refractivity contribution >= 4 is 15.9 Å². The van der Waals surface area contributed by atoms with Crippen LogP contribution in [0.4, 0.5) is 0 Å². The monoisotopic (exact) mass is 299 g/mol. The van der Waals surface area contributed by atoms with Crippen LogP contribution in [0.15, 0.2) is 22.7 Å². The van der Waals surface area contributed by atoms with Gasteiger partial charge in [-0.1, -0.05) is 28.9 Å². The molecular weight excluding hydrogens is 278 g/mol. The number of hydrogen-bond acceptors (Lipinski definition) is 2. The smallest absolute Gasteiger partial charge is 0.0471 e. The highest BCUT2D eigenvalue weighted by Crippen LogP contribution is 2.18. The van der Waals surface area contributed by atoms with Crippen LogP contribution < -0.4 is 0 Å². The van der Waals surface area contributed by atoms with E-state index in [0.29, 0.717) is 5.92 Å². The number of aryl methyl sites for hydroxylation is 1. The van der Waals surface area contributed by atoms with E-state index in [2.05, 4.69) is 59.9 Å². The predicted molar refractivity (Wildman–Crippen MR) is 76.1 cm³/mol. The van der Waals surface area contributed by atoms with Crippen molar-refractivity contribution in [1.82, 2.24) is 4.90 Å². The molecule has 0 fully saturated rings. The molecule has 96 valence electrons. The predicted octanol–water partition coefficient (Wildman–Crippen LogP) is 3.21. The summed E-state index contributed by atoms with van der Waals surface area (Å²) in [7, 11) is 2.11. The molecule has 1 atom stereocenters. The lowest BCUT2D eigenvalue weighted by atomic mass is 10.1. The second kappa shape index (κ2) is 7.14. The zero-order valence-corrected chi connectivity index (χ0v) is 12.5. The molecule has 0 spiro atoms. The molecule has 0 saturated carbocycles. The number of aliphatic hydroxyl groups is 1. The molecule has 1 rings (SSSR count). The van der Waals surface area contributed by atoms with Gasteiger partial charge in [-0.3, -0.25) is 0 Å². The van der Waals surface area contributed by atoms with Crippen molar-refractivity contribution < 1.29 is 5.11 Å². The van der Waals surface area contributed by atoms with Crippen molar-refractivity contribution in [1.29, 1.82) is 0 Å². The Labute approximate surface area is 113 Å². The summed E-state index contributed by atoms with van der Waals surface area (Å²) in [5, 5.41) is 9.21. The molecule has 0 aliphatic rings. The summed E-state index contributed by atoms with van der Waals surface area (Å²) >= 11 is 3.51. The van der Waals surface area contributed by atoms with Crippen LogP contribution in [0.3, 0.4) is 0 Å². The third-order valence-electron chi connectivity index (χ3n) is 3.16. The van der Waals surface area contributed by atoms with E-state index in [9.17, 15) is 5.11 Å². The van der Waals surface area contributed by atoms with E-state index in [1.807, 2.05) is 0 Å². The van der Waals surface area contributed by atoms with Crippen molar-refractivity contribution in [2.45, 2.75) is 26.8 Å². The fourth-order valence-electron chi connectivity index (χ4n) is 1.92. The Morgan fingerprint density at radius 1 is 1.41 bits per heavy atom. The van der Waals surface area contributed by atoms with E-state index in [1.165, 1.54) is 11.1 Å². The van der Waals surface area contributed by atoms with E-state index in [1.54, 1.807) is 0 Å². The maximum absolute atomic E-state index is 9.21. The van der Waals surface area contributed by atoms with E-state index >= 15 is 0 Å². The third-order valence-corrected chi connectivity index (χ3v) is 3.65. The number of nitrogens with zero attached hydrogens (tertiary/aromatic N) is 1. The van der Waals surface area contributed by atoms with Crippen molar-refractivity contribution in [2.75, 3.05) is 20.2 Å². The van der Waals surface area contributed by atoms with Crippen molar-refractivity contribution in [3.8, 4) is 0 Å². The van der Waals surface area contributed by atoms with Gasteiger partial charge < -0.3 is 10.0 Å². The average Bonchev–Trinajstić information content (AvgIpc) is 2.31. The largest absolute Gasteiger partial charge is 0.396 e. The molecule has 1 aromatic carbocycles. The van der Waals surface area contributed by atoms with Gasteiger partial charge in [0.05, 0.1) is 0 Å². The normalized spacial score (nSPS) is 13.1. The topological polar surface area (TPSA) is 23.5 Å². The summed E-state index contributed by atoms with van der Waals surface area (Å²) in [6.45, 7) is 6.41. The Kier molecular flexibility index (Phi) is 6.17. The Morgan fingerprint density at radius 3 is 2.71 bits per heavy atom. The van der Waals surface area contributed by atoms with E-state index < -0.39 is 0 Å². The first-order chi connectivity index (χ1) is 8.06. The molecule has 2 nitrogen and oxygen atoms in total. The lowest BCUT2D eigenvalue weighted by Crippen LogP contribution is -2.27. The van der Waals surface area contributed by atoms with Gasteiger partial charge in [0.15, 0.2) is 0 Å². The Morgan fingerprint density at radius 2 is 2.12 bits per heavy atom. The first kappa shape index (κ1) is 14.7. The number of rotatable bonds is 6. The van der Waals surface area contributed by atoms with Crippen LogP contribution in [0, 0.1) is 12.8 Å². The molecule has 3 heteroatoms. The number of halogens is 1. The van der Waals surface area contributed by atoms with Gasteiger partial charge in [0, 0.05) is 24.2 Å². The molecular formula is C14H22BrNO. The zero-order chi connectivity index (χ0) is 12.8. The molecule has 1 unspecified atom stereocenters. The molecule has 17 heavy (non-hydrogen) atoms. The van der Waals surface area contributed by atoms with Crippen LogP contribution in [0.25, 0.3) is 0 Å². The molecule has 0 saturated heterocycles. The van der Waals surface area contributed by atoms with Crippen LogP contribution >= 0.6 is 15.9 Å². The molecule has 0 heterocycles. The van der Waals surface area contributed by atoms with Gasteiger partial charge in [-0.15, -0.1) is 0 Å². The van der Waals surface area contributed by atoms with Gasteiger partial charge in [0.25, 0.3) is 0 Å². The summed E-state index contributed by atoms with van der Waals surface area (Å²) in [5.41, 5.74) is 2.66. The summed E-state index contributed by atoms with van der Waals surface area (Å²) in [6.07, 6.45) is 1.03. The summed E-state index contributed by atoms with van der Waals surface area (Å²) in [5.74, 6) is 0.382. The Bertz CT molecular complexity index is 350. The van der Waals surface area contributed by atoms with Gasteiger partial charge in [-0.2, -0.15) is 0 Å². The highest BCUT2D eigenvalue weighted by molar-refractivity contribution is 9.10. The number of benzene rings is 1. The van der Waals surface area contributed by atoms with Gasteiger partial charge in [-0.05, 0) is 49.6 Å². The molecule has 0 aromatic heterocycles. The number of hydrogen-bond donors (Lipinski definition) is 1. The fraction of sp³-hybridized carbons (Fsp3) is 0.571. The highest BCUT2D eigenvalue weighted by atomic mass is 79.9. The standard InChI is InChI=1S/C14H22BrNO/c1-4-12(10-17)8-16(3)9-13-7-14(15)6-5-11(13)2/h5-7,12,17H,4,8-10H2,1-3H3. The molecule has 1 aromatic rings. The average molecular weight is 300 g/mol. The highest BCUT2D eigenvalue weighted by Gasteiger charge is 2.10. The Hall–Kier alpha value is -0.380. The maximum atomic E-state index is 9.21. The van der Waals surface area contributed by atoms with Crippen molar-refractivity contribution in [3.05, 3.63) is 33.8 Å². The lowest BCUT2D eigenvalue weighted by Gasteiger charge is -2.22. The van der Waals surface area contributed by atoms with Gasteiger partial charge >= 0.3 is 0 Å². The summed E-state index contributed by atoms with van der Waals surface area (Å²) < 4.78 is 1.13. The molecule has 0 bridgehead atoms. The van der Waals surface area contributed by atoms with Crippen LogP contribution in [0.5, 0.6) is 0 Å². The molecule has 0 amide bonds. The van der Waals surface area contributed by atoms with Gasteiger partial charge in [0.1, 0.15) is 0 Å². The summed E-state index contributed by atoms with van der Waals surface area (Å²) in [4.78, 5) is 2.28. The first-order valence-corrected chi connectivity index (χ1v) is 6.90. The minimum Gasteiger partial charge on any atom is -0.396 e. The lowest BCUT2D eigenvalue weighted by molar-refractivity contribution is 0.173. The second-order valence-corrected chi connectivity index (χ2v) is 5.64. The van der Waals surface area contributed by atoms with Crippen LogP contribution in [-0.4, -0.2) is 30.2 Å². The molecule has 0 aliphatic heterocycles. The van der Waals surface area contributed by atoms with E-state index in [-0.39, 0.29) is 6.61 Å². The minimum atomic E-state index is 0.276. The van der Waals surface area contributed by atoms with Gasteiger partial charge in [0.2, 0.25) is 0 Å². The summed E-state index contributed by atoms with van der Waals surface area (Å²) in [6, 6.07) is 6.38. The number of aliphatic hydroxyl groups excluding tert-OH is 1. The quantitative estimate of drug-likeness (QED) is 0.872. The van der Waals surface area contributed by atoms with Crippen molar-refractivity contribution in [2.24, 2.45) is 5.92 Å². The molecule has 1 N–H and O–H groups in total. The SMILES string of the molecule is CCC(CO)CN(C)Cc1cc(Br)ccc1C.